The third-order valence-corrected chi connectivity index (χ3v) is 2.27. The number of hydrogen-bond donors (Lipinski definition) is 1. The van der Waals surface area contributed by atoms with Crippen molar-refractivity contribution in [1.82, 2.24) is 0 Å². The molecule has 0 aromatic heterocycles. The SMILES string of the molecule is C1[NH2+]CC1C1COC1. The average molecular weight is 114 g/mol. The van der Waals surface area contributed by atoms with Gasteiger partial charge in [0.05, 0.1) is 32.2 Å². The summed E-state index contributed by atoms with van der Waals surface area (Å²) < 4.78 is 5.08. The monoisotopic (exact) mass is 114 g/mol. The van der Waals surface area contributed by atoms with E-state index in [9.17, 15) is 0 Å². The minimum atomic E-state index is 0.931. The molecule has 2 saturated heterocycles. The standard InChI is InChI=1S/C6H11NO/c1-5(2-7-1)6-3-8-4-6/h5-7H,1-4H2/p+1. The summed E-state index contributed by atoms with van der Waals surface area (Å²) in [7, 11) is 0. The molecule has 0 atom stereocenters. The molecule has 0 spiro atoms. The van der Waals surface area contributed by atoms with Gasteiger partial charge in [0, 0.05) is 5.92 Å². The average Bonchev–Trinajstić information content (AvgIpc) is 1.47. The highest BCUT2D eigenvalue weighted by molar-refractivity contribution is 4.76. The van der Waals surface area contributed by atoms with E-state index in [2.05, 4.69) is 5.32 Å². The normalized spacial score (nSPS) is 31.5. The van der Waals surface area contributed by atoms with Crippen LogP contribution in [-0.2, 0) is 4.74 Å². The van der Waals surface area contributed by atoms with Crippen LogP contribution in [0.15, 0.2) is 0 Å². The summed E-state index contributed by atoms with van der Waals surface area (Å²) in [5.41, 5.74) is 0. The van der Waals surface area contributed by atoms with E-state index in [1.54, 1.807) is 0 Å². The summed E-state index contributed by atoms with van der Waals surface area (Å²) in [6, 6.07) is 0. The number of nitrogens with two attached hydrogens (primary N) is 1. The van der Waals surface area contributed by atoms with Gasteiger partial charge in [0.15, 0.2) is 0 Å². The summed E-state index contributed by atoms with van der Waals surface area (Å²) in [6.45, 7) is 4.79. The Hall–Kier alpha value is -0.0800. The summed E-state index contributed by atoms with van der Waals surface area (Å²) in [5.74, 6) is 1.93. The van der Waals surface area contributed by atoms with Crippen molar-refractivity contribution in [2.75, 3.05) is 26.3 Å². The number of quaternary nitrogens is 1. The van der Waals surface area contributed by atoms with Gasteiger partial charge in [-0.05, 0) is 0 Å². The van der Waals surface area contributed by atoms with Crippen molar-refractivity contribution in [2.24, 2.45) is 11.8 Å². The second kappa shape index (κ2) is 1.71. The molecule has 2 nitrogen and oxygen atoms in total. The Morgan fingerprint density at radius 1 is 1.12 bits per heavy atom. The van der Waals surface area contributed by atoms with E-state index in [1.165, 1.54) is 13.1 Å². The van der Waals surface area contributed by atoms with Gasteiger partial charge in [-0.25, -0.2) is 0 Å². The van der Waals surface area contributed by atoms with Crippen molar-refractivity contribution in [1.29, 1.82) is 0 Å². The van der Waals surface area contributed by atoms with Crippen molar-refractivity contribution >= 4 is 0 Å². The third kappa shape index (κ3) is 0.565. The third-order valence-electron chi connectivity index (χ3n) is 2.27. The molecule has 2 aliphatic heterocycles. The fourth-order valence-corrected chi connectivity index (χ4v) is 1.27. The zero-order chi connectivity index (χ0) is 5.40. The Kier molecular flexibility index (Phi) is 1.02. The Labute approximate surface area is 49.2 Å². The van der Waals surface area contributed by atoms with Gasteiger partial charge in [-0.15, -0.1) is 0 Å². The molecule has 0 bridgehead atoms. The molecule has 0 amide bonds. The molecule has 0 unspecified atom stereocenters. The van der Waals surface area contributed by atoms with E-state index in [0.717, 1.165) is 25.0 Å². The number of hydrogen-bond acceptors (Lipinski definition) is 1. The quantitative estimate of drug-likeness (QED) is 0.456. The second-order valence-electron chi connectivity index (χ2n) is 2.82. The molecular formula is C6H12NO+. The minimum Gasteiger partial charge on any atom is -0.381 e. The highest BCUT2D eigenvalue weighted by atomic mass is 16.5. The predicted molar refractivity (Wildman–Crippen MR) is 29.5 cm³/mol. The van der Waals surface area contributed by atoms with Gasteiger partial charge in [0.2, 0.25) is 0 Å². The zero-order valence-corrected chi connectivity index (χ0v) is 4.97. The van der Waals surface area contributed by atoms with E-state index in [0.29, 0.717) is 0 Å². The number of ether oxygens (including phenoxy) is 1. The first-order valence-electron chi connectivity index (χ1n) is 3.36. The lowest BCUT2D eigenvalue weighted by atomic mass is 9.86. The van der Waals surface area contributed by atoms with E-state index >= 15 is 0 Å². The topological polar surface area (TPSA) is 25.8 Å². The Balaban J connectivity index is 1.79. The molecule has 2 rings (SSSR count). The summed E-state index contributed by atoms with van der Waals surface area (Å²) in [6.07, 6.45) is 0. The van der Waals surface area contributed by atoms with Crippen LogP contribution >= 0.6 is 0 Å². The highest BCUT2D eigenvalue weighted by Crippen LogP contribution is 2.20. The summed E-state index contributed by atoms with van der Waals surface area (Å²) in [4.78, 5) is 0. The van der Waals surface area contributed by atoms with E-state index in [1.807, 2.05) is 0 Å². The molecule has 0 saturated carbocycles. The predicted octanol–water partition coefficient (Wildman–Crippen LogP) is -1.17. The minimum absolute atomic E-state index is 0.931. The molecule has 0 aromatic carbocycles. The van der Waals surface area contributed by atoms with Crippen molar-refractivity contribution in [3.63, 3.8) is 0 Å². The summed E-state index contributed by atoms with van der Waals surface area (Å²) >= 11 is 0. The molecule has 2 N–H and O–H groups in total. The maximum absolute atomic E-state index is 5.08. The van der Waals surface area contributed by atoms with Gasteiger partial charge in [-0.2, -0.15) is 0 Å². The van der Waals surface area contributed by atoms with Gasteiger partial charge in [0.1, 0.15) is 0 Å². The van der Waals surface area contributed by atoms with Crippen molar-refractivity contribution < 1.29 is 10.1 Å². The maximum Gasteiger partial charge on any atom is 0.0843 e. The first-order valence-corrected chi connectivity index (χ1v) is 3.36. The molecule has 2 fully saturated rings. The van der Waals surface area contributed by atoms with Crippen molar-refractivity contribution in [2.45, 2.75) is 0 Å². The van der Waals surface area contributed by atoms with Crippen LogP contribution in [-0.4, -0.2) is 26.3 Å². The van der Waals surface area contributed by atoms with Crippen LogP contribution in [0.1, 0.15) is 0 Å². The molecule has 2 heterocycles. The van der Waals surface area contributed by atoms with Gasteiger partial charge in [0.25, 0.3) is 0 Å². The molecule has 46 valence electrons. The second-order valence-corrected chi connectivity index (χ2v) is 2.82. The molecule has 0 radical (unpaired) electrons. The van der Waals surface area contributed by atoms with Crippen LogP contribution in [0.25, 0.3) is 0 Å². The molecule has 2 heteroatoms. The van der Waals surface area contributed by atoms with Crippen LogP contribution in [0, 0.1) is 11.8 Å². The van der Waals surface area contributed by atoms with Crippen molar-refractivity contribution in [3.8, 4) is 0 Å². The summed E-state index contributed by atoms with van der Waals surface area (Å²) in [5, 5.41) is 2.36. The lowest BCUT2D eigenvalue weighted by Crippen LogP contribution is -2.97. The first kappa shape index (κ1) is 4.77. The lowest BCUT2D eigenvalue weighted by molar-refractivity contribution is -0.727. The Morgan fingerprint density at radius 2 is 1.88 bits per heavy atom. The van der Waals surface area contributed by atoms with E-state index < -0.39 is 0 Å². The fraction of sp³-hybridized carbons (Fsp3) is 1.00. The van der Waals surface area contributed by atoms with Crippen LogP contribution in [0.3, 0.4) is 0 Å². The van der Waals surface area contributed by atoms with Crippen molar-refractivity contribution in [3.05, 3.63) is 0 Å². The van der Waals surface area contributed by atoms with Gasteiger partial charge >= 0.3 is 0 Å². The fourth-order valence-electron chi connectivity index (χ4n) is 1.27. The maximum atomic E-state index is 5.08. The molecule has 8 heavy (non-hydrogen) atoms. The van der Waals surface area contributed by atoms with Crippen LogP contribution in [0.5, 0.6) is 0 Å². The van der Waals surface area contributed by atoms with Gasteiger partial charge in [-0.1, -0.05) is 0 Å². The van der Waals surface area contributed by atoms with Crippen LogP contribution < -0.4 is 5.32 Å². The molecule has 2 aliphatic rings. The molecule has 0 aromatic rings. The molecular weight excluding hydrogens is 102 g/mol. The van der Waals surface area contributed by atoms with Gasteiger partial charge in [-0.3, -0.25) is 0 Å². The molecule has 0 aliphatic carbocycles. The largest absolute Gasteiger partial charge is 0.381 e. The smallest absolute Gasteiger partial charge is 0.0843 e. The zero-order valence-electron chi connectivity index (χ0n) is 4.97. The van der Waals surface area contributed by atoms with Crippen LogP contribution in [0.2, 0.25) is 0 Å². The highest BCUT2D eigenvalue weighted by Gasteiger charge is 2.35. The van der Waals surface area contributed by atoms with E-state index in [4.69, 9.17) is 4.74 Å². The Morgan fingerprint density at radius 3 is 2.00 bits per heavy atom. The first-order chi connectivity index (χ1) is 3.97. The lowest BCUT2D eigenvalue weighted by Gasteiger charge is -2.36. The van der Waals surface area contributed by atoms with Crippen LogP contribution in [0.4, 0.5) is 0 Å². The Bertz CT molecular complexity index is 74.5. The van der Waals surface area contributed by atoms with Gasteiger partial charge < -0.3 is 10.1 Å². The number of rotatable bonds is 1. The van der Waals surface area contributed by atoms with E-state index in [-0.39, 0.29) is 0 Å².